The lowest BCUT2D eigenvalue weighted by atomic mass is 10.0. The van der Waals surface area contributed by atoms with Crippen molar-refractivity contribution >= 4 is 23.2 Å². The minimum Gasteiger partial charge on any atom is -0.492 e. The molecule has 2 N–H and O–H groups in total. The number of hydrogen-bond donors (Lipinski definition) is 2. The summed E-state index contributed by atoms with van der Waals surface area (Å²) in [6.07, 6.45) is 0. The van der Waals surface area contributed by atoms with Crippen LogP contribution in [0.3, 0.4) is 0 Å². The quantitative estimate of drug-likeness (QED) is 0.497. The standard InChI is InChI=1S/C24H25ClN2O2/c1-3-29-22-16-10-9-15-21(22)27-24(28)23(18-11-5-4-6-12-18)26-17(2)19-13-7-8-14-20(19)25/h4-17,23,26H,3H2,1-2H3,(H,27,28). The van der Waals surface area contributed by atoms with Gasteiger partial charge in [-0.15, -0.1) is 0 Å². The van der Waals surface area contributed by atoms with Crippen LogP contribution in [0.4, 0.5) is 5.69 Å². The summed E-state index contributed by atoms with van der Waals surface area (Å²) in [5.41, 5.74) is 2.46. The lowest BCUT2D eigenvalue weighted by Gasteiger charge is -2.24. The van der Waals surface area contributed by atoms with E-state index >= 15 is 0 Å². The van der Waals surface area contributed by atoms with Crippen LogP contribution in [0, 0.1) is 0 Å². The summed E-state index contributed by atoms with van der Waals surface area (Å²) in [6.45, 7) is 4.44. The van der Waals surface area contributed by atoms with Crippen LogP contribution in [0.1, 0.15) is 37.1 Å². The monoisotopic (exact) mass is 408 g/mol. The van der Waals surface area contributed by atoms with E-state index < -0.39 is 6.04 Å². The molecule has 2 atom stereocenters. The van der Waals surface area contributed by atoms with Crippen LogP contribution in [0.25, 0.3) is 0 Å². The van der Waals surface area contributed by atoms with E-state index in [1.807, 2.05) is 92.7 Å². The predicted molar refractivity (Wildman–Crippen MR) is 118 cm³/mol. The highest BCUT2D eigenvalue weighted by Crippen LogP contribution is 2.28. The molecule has 150 valence electrons. The average molecular weight is 409 g/mol. The van der Waals surface area contributed by atoms with Gasteiger partial charge >= 0.3 is 0 Å². The Hall–Kier alpha value is -2.82. The maximum atomic E-state index is 13.3. The zero-order valence-electron chi connectivity index (χ0n) is 16.6. The second-order valence-electron chi connectivity index (χ2n) is 6.67. The third-order valence-electron chi connectivity index (χ3n) is 4.63. The first-order chi connectivity index (χ1) is 14.1. The Bertz CT molecular complexity index is 946. The second-order valence-corrected chi connectivity index (χ2v) is 7.08. The van der Waals surface area contributed by atoms with Crippen LogP contribution in [0.2, 0.25) is 5.02 Å². The number of amides is 1. The van der Waals surface area contributed by atoms with Crippen molar-refractivity contribution in [3.8, 4) is 5.75 Å². The SMILES string of the molecule is CCOc1ccccc1NC(=O)C(NC(C)c1ccccc1Cl)c1ccccc1. The molecule has 0 aliphatic rings. The van der Waals surface area contributed by atoms with Crippen LogP contribution in [0.5, 0.6) is 5.75 Å². The predicted octanol–water partition coefficient (Wildman–Crippen LogP) is 5.77. The fourth-order valence-electron chi connectivity index (χ4n) is 3.19. The molecule has 0 fully saturated rings. The van der Waals surface area contributed by atoms with Gasteiger partial charge in [0.2, 0.25) is 5.91 Å². The lowest BCUT2D eigenvalue weighted by molar-refractivity contribution is -0.118. The molecule has 0 radical (unpaired) electrons. The van der Waals surface area contributed by atoms with E-state index in [1.54, 1.807) is 0 Å². The number of benzene rings is 3. The fourth-order valence-corrected chi connectivity index (χ4v) is 3.49. The van der Waals surface area contributed by atoms with Gasteiger partial charge in [0.15, 0.2) is 0 Å². The third kappa shape index (κ3) is 5.37. The van der Waals surface area contributed by atoms with Crippen LogP contribution in [-0.4, -0.2) is 12.5 Å². The molecule has 0 aromatic heterocycles. The highest BCUT2D eigenvalue weighted by molar-refractivity contribution is 6.31. The molecular formula is C24H25ClN2O2. The van der Waals surface area contributed by atoms with Crippen molar-refractivity contribution in [3.63, 3.8) is 0 Å². The van der Waals surface area contributed by atoms with Crippen LogP contribution in [-0.2, 0) is 4.79 Å². The zero-order valence-corrected chi connectivity index (χ0v) is 17.3. The van der Waals surface area contributed by atoms with E-state index in [-0.39, 0.29) is 11.9 Å². The Balaban J connectivity index is 1.86. The van der Waals surface area contributed by atoms with Gasteiger partial charge in [0, 0.05) is 11.1 Å². The molecule has 0 aliphatic heterocycles. The highest BCUT2D eigenvalue weighted by Gasteiger charge is 2.24. The first kappa shape index (κ1) is 20.9. The number of anilines is 1. The smallest absolute Gasteiger partial charge is 0.246 e. The summed E-state index contributed by atoms with van der Waals surface area (Å²) in [7, 11) is 0. The van der Waals surface area contributed by atoms with Crippen molar-refractivity contribution in [2.75, 3.05) is 11.9 Å². The lowest BCUT2D eigenvalue weighted by Crippen LogP contribution is -2.34. The van der Waals surface area contributed by atoms with E-state index in [0.29, 0.717) is 23.1 Å². The van der Waals surface area contributed by atoms with Gasteiger partial charge in [-0.2, -0.15) is 0 Å². The summed E-state index contributed by atoms with van der Waals surface area (Å²) >= 11 is 6.36. The number of nitrogens with one attached hydrogen (secondary N) is 2. The Morgan fingerprint density at radius 3 is 2.34 bits per heavy atom. The van der Waals surface area contributed by atoms with E-state index in [4.69, 9.17) is 16.3 Å². The molecular weight excluding hydrogens is 384 g/mol. The van der Waals surface area contributed by atoms with Crippen molar-refractivity contribution < 1.29 is 9.53 Å². The van der Waals surface area contributed by atoms with E-state index in [9.17, 15) is 4.79 Å². The molecule has 4 nitrogen and oxygen atoms in total. The zero-order chi connectivity index (χ0) is 20.6. The van der Waals surface area contributed by atoms with Crippen molar-refractivity contribution in [2.45, 2.75) is 25.9 Å². The van der Waals surface area contributed by atoms with Gasteiger partial charge in [-0.1, -0.05) is 72.3 Å². The Labute approximate surface area is 176 Å². The van der Waals surface area contributed by atoms with Gasteiger partial charge in [-0.05, 0) is 43.2 Å². The number of carbonyl (C=O) groups is 1. The highest BCUT2D eigenvalue weighted by atomic mass is 35.5. The number of ether oxygens (including phenoxy) is 1. The molecule has 1 amide bonds. The molecule has 3 aromatic rings. The number of carbonyl (C=O) groups excluding carboxylic acids is 1. The summed E-state index contributed by atoms with van der Waals surface area (Å²) in [5.74, 6) is 0.483. The average Bonchev–Trinajstić information content (AvgIpc) is 2.74. The molecule has 0 bridgehead atoms. The number of rotatable bonds is 8. The van der Waals surface area contributed by atoms with Gasteiger partial charge in [0.05, 0.1) is 12.3 Å². The third-order valence-corrected chi connectivity index (χ3v) is 4.97. The van der Waals surface area contributed by atoms with Gasteiger partial charge in [0.25, 0.3) is 0 Å². The van der Waals surface area contributed by atoms with Gasteiger partial charge in [0.1, 0.15) is 11.8 Å². The number of halogens is 1. The molecule has 0 aliphatic carbocycles. The Morgan fingerprint density at radius 1 is 0.966 bits per heavy atom. The first-order valence-electron chi connectivity index (χ1n) is 9.68. The summed E-state index contributed by atoms with van der Waals surface area (Å²) in [6, 6.07) is 24.0. The van der Waals surface area contributed by atoms with E-state index in [0.717, 1.165) is 11.1 Å². The Kier molecular flexibility index (Phi) is 7.28. The number of para-hydroxylation sites is 2. The van der Waals surface area contributed by atoms with Crippen molar-refractivity contribution in [1.29, 1.82) is 0 Å². The largest absolute Gasteiger partial charge is 0.492 e. The molecule has 0 saturated heterocycles. The maximum Gasteiger partial charge on any atom is 0.246 e. The normalized spacial score (nSPS) is 12.8. The minimum absolute atomic E-state index is 0.123. The first-order valence-corrected chi connectivity index (χ1v) is 10.1. The molecule has 3 rings (SSSR count). The van der Waals surface area contributed by atoms with Crippen LogP contribution >= 0.6 is 11.6 Å². The molecule has 3 aromatic carbocycles. The molecule has 5 heteroatoms. The van der Waals surface area contributed by atoms with Crippen molar-refractivity contribution in [3.05, 3.63) is 95.0 Å². The van der Waals surface area contributed by atoms with Crippen LogP contribution < -0.4 is 15.4 Å². The topological polar surface area (TPSA) is 50.4 Å². The second kappa shape index (κ2) is 10.1. The molecule has 29 heavy (non-hydrogen) atoms. The van der Waals surface area contributed by atoms with Gasteiger partial charge in [-0.3, -0.25) is 10.1 Å². The van der Waals surface area contributed by atoms with Crippen molar-refractivity contribution in [2.24, 2.45) is 0 Å². The molecule has 0 heterocycles. The Morgan fingerprint density at radius 2 is 1.62 bits per heavy atom. The maximum absolute atomic E-state index is 13.3. The summed E-state index contributed by atoms with van der Waals surface area (Å²) in [5, 5.41) is 7.10. The van der Waals surface area contributed by atoms with E-state index in [2.05, 4.69) is 10.6 Å². The molecule has 0 spiro atoms. The summed E-state index contributed by atoms with van der Waals surface area (Å²) < 4.78 is 5.64. The fraction of sp³-hybridized carbons (Fsp3) is 0.208. The van der Waals surface area contributed by atoms with Gasteiger partial charge < -0.3 is 10.1 Å². The summed E-state index contributed by atoms with van der Waals surface area (Å²) in [4.78, 5) is 13.3. The van der Waals surface area contributed by atoms with Crippen LogP contribution in [0.15, 0.2) is 78.9 Å². The molecule has 2 unspecified atom stereocenters. The molecule has 0 saturated carbocycles. The van der Waals surface area contributed by atoms with Crippen molar-refractivity contribution in [1.82, 2.24) is 5.32 Å². The minimum atomic E-state index is -0.558. The number of hydrogen-bond acceptors (Lipinski definition) is 3. The van der Waals surface area contributed by atoms with E-state index in [1.165, 1.54) is 0 Å². The van der Waals surface area contributed by atoms with Gasteiger partial charge in [-0.25, -0.2) is 0 Å².